The Balaban J connectivity index is 1.77. The number of nitrogens with zero attached hydrogens (tertiary/aromatic N) is 2. The average molecular weight is 335 g/mol. The van der Waals surface area contributed by atoms with Crippen LogP contribution >= 0.6 is 0 Å². The minimum absolute atomic E-state index is 0.0834. The minimum Gasteiger partial charge on any atom is -0.478 e. The molecule has 0 radical (unpaired) electrons. The van der Waals surface area contributed by atoms with Crippen LogP contribution in [-0.2, 0) is 6.54 Å². The van der Waals surface area contributed by atoms with Gasteiger partial charge in [0.05, 0.1) is 16.9 Å². The van der Waals surface area contributed by atoms with E-state index in [1.807, 2.05) is 43.5 Å². The fourth-order valence-electron chi connectivity index (χ4n) is 2.50. The monoisotopic (exact) mass is 335 g/mol. The lowest BCUT2D eigenvalue weighted by molar-refractivity contribution is 0.0697. The van der Waals surface area contributed by atoms with E-state index in [1.165, 1.54) is 12.1 Å². The average Bonchev–Trinajstić information content (AvgIpc) is 3.06. The predicted octanol–water partition coefficient (Wildman–Crippen LogP) is 2.81. The highest BCUT2D eigenvalue weighted by atomic mass is 16.4. The topological polar surface area (TPSA) is 84.2 Å². The summed E-state index contributed by atoms with van der Waals surface area (Å²) in [6, 6.07) is 15.5. The lowest BCUT2D eigenvalue weighted by atomic mass is 10.1. The van der Waals surface area contributed by atoms with Gasteiger partial charge in [-0.3, -0.25) is 4.79 Å². The highest BCUT2D eigenvalue weighted by molar-refractivity contribution is 5.97. The van der Waals surface area contributed by atoms with Gasteiger partial charge >= 0.3 is 5.97 Å². The van der Waals surface area contributed by atoms with Crippen LogP contribution in [0.25, 0.3) is 5.69 Å². The summed E-state index contributed by atoms with van der Waals surface area (Å²) in [6.45, 7) is 2.22. The van der Waals surface area contributed by atoms with Gasteiger partial charge in [-0.15, -0.1) is 0 Å². The maximum absolute atomic E-state index is 12.3. The van der Waals surface area contributed by atoms with Crippen LogP contribution in [0.3, 0.4) is 0 Å². The molecular weight excluding hydrogens is 318 g/mol. The molecule has 0 spiro atoms. The first-order chi connectivity index (χ1) is 12.0. The molecule has 0 unspecified atom stereocenters. The molecule has 3 aromatic rings. The van der Waals surface area contributed by atoms with Gasteiger partial charge in [-0.1, -0.05) is 24.3 Å². The van der Waals surface area contributed by atoms with E-state index in [-0.39, 0.29) is 11.5 Å². The Morgan fingerprint density at radius 3 is 2.56 bits per heavy atom. The summed E-state index contributed by atoms with van der Waals surface area (Å²) >= 11 is 0. The molecule has 1 heterocycles. The second-order valence-corrected chi connectivity index (χ2v) is 5.60. The highest BCUT2D eigenvalue weighted by Gasteiger charge is 2.11. The lowest BCUT2D eigenvalue weighted by Gasteiger charge is -2.11. The fourth-order valence-corrected chi connectivity index (χ4v) is 2.50. The third kappa shape index (κ3) is 3.74. The largest absolute Gasteiger partial charge is 0.478 e. The number of carbonyl (C=O) groups excluding carboxylic acids is 1. The second-order valence-electron chi connectivity index (χ2n) is 5.60. The normalized spacial score (nSPS) is 10.4. The number of nitrogens with one attached hydrogen (secondary N) is 1. The number of aryl methyl sites for hydroxylation is 1. The van der Waals surface area contributed by atoms with Gasteiger partial charge in [-0.05, 0) is 42.8 Å². The number of hydrogen-bond donors (Lipinski definition) is 2. The van der Waals surface area contributed by atoms with E-state index in [0.29, 0.717) is 12.1 Å². The van der Waals surface area contributed by atoms with Crippen LogP contribution in [0.1, 0.15) is 32.0 Å². The van der Waals surface area contributed by atoms with E-state index in [9.17, 15) is 9.59 Å². The molecule has 2 N–H and O–H groups in total. The smallest absolute Gasteiger partial charge is 0.335 e. The zero-order valence-corrected chi connectivity index (χ0v) is 13.6. The molecule has 2 aromatic carbocycles. The summed E-state index contributed by atoms with van der Waals surface area (Å²) in [5.74, 6) is -1.39. The zero-order valence-electron chi connectivity index (χ0n) is 13.6. The number of carboxylic acid groups (broad SMARTS) is 1. The first-order valence-corrected chi connectivity index (χ1v) is 7.77. The van der Waals surface area contributed by atoms with E-state index >= 15 is 0 Å². The van der Waals surface area contributed by atoms with Crippen molar-refractivity contribution >= 4 is 11.9 Å². The fraction of sp³-hybridized carbons (Fsp3) is 0.105. The van der Waals surface area contributed by atoms with E-state index in [2.05, 4.69) is 10.4 Å². The predicted molar refractivity (Wildman–Crippen MR) is 92.9 cm³/mol. The number of amides is 1. The van der Waals surface area contributed by atoms with Crippen molar-refractivity contribution in [1.82, 2.24) is 15.1 Å². The van der Waals surface area contributed by atoms with Crippen LogP contribution in [0.2, 0.25) is 0 Å². The third-order valence-corrected chi connectivity index (χ3v) is 3.77. The molecule has 1 amide bonds. The van der Waals surface area contributed by atoms with Crippen molar-refractivity contribution in [2.24, 2.45) is 0 Å². The Bertz CT molecular complexity index is 931. The lowest BCUT2D eigenvalue weighted by Crippen LogP contribution is -2.23. The quantitative estimate of drug-likeness (QED) is 0.751. The van der Waals surface area contributed by atoms with Crippen LogP contribution in [0.15, 0.2) is 60.8 Å². The van der Waals surface area contributed by atoms with Gasteiger partial charge in [-0.25, -0.2) is 9.48 Å². The molecule has 0 aliphatic heterocycles. The Kier molecular flexibility index (Phi) is 4.61. The maximum Gasteiger partial charge on any atom is 0.335 e. The number of benzene rings is 2. The number of hydrogen-bond acceptors (Lipinski definition) is 3. The summed E-state index contributed by atoms with van der Waals surface area (Å²) in [4.78, 5) is 23.3. The van der Waals surface area contributed by atoms with Gasteiger partial charge in [0.25, 0.3) is 5.91 Å². The molecule has 0 saturated carbocycles. The second kappa shape index (κ2) is 7.00. The Labute approximate surface area is 144 Å². The van der Waals surface area contributed by atoms with Gasteiger partial charge in [0.2, 0.25) is 0 Å². The molecule has 0 aliphatic rings. The molecule has 0 atom stereocenters. The number of rotatable bonds is 5. The van der Waals surface area contributed by atoms with E-state index in [0.717, 1.165) is 16.9 Å². The molecule has 6 nitrogen and oxygen atoms in total. The van der Waals surface area contributed by atoms with E-state index in [4.69, 9.17) is 5.11 Å². The number of carboxylic acids is 1. The van der Waals surface area contributed by atoms with Crippen molar-refractivity contribution in [2.45, 2.75) is 13.5 Å². The van der Waals surface area contributed by atoms with Crippen LogP contribution in [0.5, 0.6) is 0 Å². The van der Waals surface area contributed by atoms with Crippen LogP contribution in [0.4, 0.5) is 0 Å². The van der Waals surface area contributed by atoms with Gasteiger partial charge < -0.3 is 10.4 Å². The maximum atomic E-state index is 12.3. The molecule has 1 aromatic heterocycles. The van der Waals surface area contributed by atoms with Gasteiger partial charge in [0.1, 0.15) is 0 Å². The summed E-state index contributed by atoms with van der Waals surface area (Å²) < 4.78 is 1.77. The van der Waals surface area contributed by atoms with Crippen molar-refractivity contribution in [2.75, 3.05) is 0 Å². The zero-order chi connectivity index (χ0) is 17.8. The molecule has 126 valence electrons. The van der Waals surface area contributed by atoms with E-state index < -0.39 is 5.97 Å². The molecule has 25 heavy (non-hydrogen) atoms. The van der Waals surface area contributed by atoms with Gasteiger partial charge in [-0.2, -0.15) is 5.10 Å². The molecule has 0 fully saturated rings. The Morgan fingerprint density at radius 1 is 1.08 bits per heavy atom. The molecule has 0 bridgehead atoms. The molecule has 6 heteroatoms. The van der Waals surface area contributed by atoms with Crippen LogP contribution in [0, 0.1) is 6.92 Å². The Hall–Kier alpha value is -3.41. The SMILES string of the molecule is Cc1ccn(-c2ccccc2CNC(=O)c2cccc(C(=O)O)c2)n1. The molecule has 0 aliphatic carbocycles. The summed E-state index contributed by atoms with van der Waals surface area (Å²) in [7, 11) is 0. The van der Waals surface area contributed by atoms with Gasteiger partial charge in [0, 0.05) is 18.3 Å². The number of aromatic carboxylic acids is 1. The van der Waals surface area contributed by atoms with Gasteiger partial charge in [0.15, 0.2) is 0 Å². The molecular formula is C19H17N3O3. The summed E-state index contributed by atoms with van der Waals surface area (Å²) in [5, 5.41) is 16.2. The highest BCUT2D eigenvalue weighted by Crippen LogP contribution is 2.14. The minimum atomic E-state index is -1.06. The Morgan fingerprint density at radius 2 is 1.84 bits per heavy atom. The summed E-state index contributed by atoms with van der Waals surface area (Å²) in [5.41, 5.74) is 3.10. The summed E-state index contributed by atoms with van der Waals surface area (Å²) in [6.07, 6.45) is 1.87. The van der Waals surface area contributed by atoms with Crippen molar-refractivity contribution in [1.29, 1.82) is 0 Å². The van der Waals surface area contributed by atoms with Crippen LogP contribution in [-0.4, -0.2) is 26.8 Å². The van der Waals surface area contributed by atoms with Crippen LogP contribution < -0.4 is 5.32 Å². The molecule has 0 saturated heterocycles. The number of carbonyl (C=O) groups is 2. The first-order valence-electron chi connectivity index (χ1n) is 7.77. The first kappa shape index (κ1) is 16.4. The van der Waals surface area contributed by atoms with Crippen molar-refractivity contribution in [3.8, 4) is 5.69 Å². The van der Waals surface area contributed by atoms with Crippen molar-refractivity contribution < 1.29 is 14.7 Å². The van der Waals surface area contributed by atoms with E-state index in [1.54, 1.807) is 16.8 Å². The third-order valence-electron chi connectivity index (χ3n) is 3.77. The van der Waals surface area contributed by atoms with Crippen molar-refractivity contribution in [3.05, 3.63) is 83.2 Å². The van der Waals surface area contributed by atoms with Crippen molar-refractivity contribution in [3.63, 3.8) is 0 Å². The number of aromatic nitrogens is 2. The molecule has 3 rings (SSSR count). The number of para-hydroxylation sites is 1. The standard InChI is InChI=1S/C19H17N3O3/c1-13-9-10-22(21-13)17-8-3-2-5-16(17)12-20-18(23)14-6-4-7-15(11-14)19(24)25/h2-11H,12H2,1H3,(H,20,23)(H,24,25).